The number of halogens is 2. The summed E-state index contributed by atoms with van der Waals surface area (Å²) in [5.41, 5.74) is 2.94. The van der Waals surface area contributed by atoms with Crippen LogP contribution in [0.4, 0.5) is 14.5 Å². The van der Waals surface area contributed by atoms with Gasteiger partial charge in [0.15, 0.2) is 5.82 Å². The maximum Gasteiger partial charge on any atom is 0.153 e. The first-order valence-corrected chi connectivity index (χ1v) is 6.87. The predicted molar refractivity (Wildman–Crippen MR) is 77.4 cm³/mol. The molecule has 0 saturated carbocycles. The molecule has 0 radical (unpaired) electrons. The van der Waals surface area contributed by atoms with Crippen molar-refractivity contribution < 1.29 is 8.78 Å². The highest BCUT2D eigenvalue weighted by Crippen LogP contribution is 2.30. The number of nitrogens with zero attached hydrogens (tertiary/aromatic N) is 1. The van der Waals surface area contributed by atoms with Crippen LogP contribution < -0.4 is 5.32 Å². The zero-order valence-corrected chi connectivity index (χ0v) is 11.2. The lowest BCUT2D eigenvalue weighted by Gasteiger charge is -2.24. The molecule has 2 heterocycles. The second kappa shape index (κ2) is 4.55. The molecule has 2 aromatic carbocycles. The maximum absolute atomic E-state index is 13.7. The molecule has 0 bridgehead atoms. The Kier molecular flexibility index (Phi) is 2.67. The maximum atomic E-state index is 13.7. The van der Waals surface area contributed by atoms with Crippen LogP contribution in [0.25, 0.3) is 11.0 Å². The van der Waals surface area contributed by atoms with Crippen LogP contribution in [0.3, 0.4) is 0 Å². The molecule has 106 valence electrons. The molecule has 3 nitrogen and oxygen atoms in total. The van der Waals surface area contributed by atoms with E-state index >= 15 is 0 Å². The number of imidazole rings is 1. The first-order chi connectivity index (χ1) is 10.2. The van der Waals surface area contributed by atoms with Gasteiger partial charge in [0.05, 0.1) is 5.52 Å². The van der Waals surface area contributed by atoms with Gasteiger partial charge in [-0.15, -0.1) is 0 Å². The Hall–Kier alpha value is -2.43. The number of hydrogen-bond acceptors (Lipinski definition) is 2. The zero-order chi connectivity index (χ0) is 14.4. The van der Waals surface area contributed by atoms with Gasteiger partial charge in [-0.1, -0.05) is 18.2 Å². The van der Waals surface area contributed by atoms with E-state index in [4.69, 9.17) is 0 Å². The highest BCUT2D eigenvalue weighted by Gasteiger charge is 2.23. The number of fused-ring (bicyclic) bond motifs is 2. The fourth-order valence-electron chi connectivity index (χ4n) is 2.89. The summed E-state index contributed by atoms with van der Waals surface area (Å²) in [5.74, 6) is -0.412. The fourth-order valence-corrected chi connectivity index (χ4v) is 2.89. The van der Waals surface area contributed by atoms with Crippen molar-refractivity contribution >= 4 is 16.7 Å². The number of H-pyrrole nitrogens is 1. The van der Waals surface area contributed by atoms with Crippen LogP contribution in [0.2, 0.25) is 0 Å². The van der Waals surface area contributed by atoms with E-state index in [0.717, 1.165) is 24.7 Å². The van der Waals surface area contributed by atoms with Crippen LogP contribution >= 0.6 is 0 Å². The van der Waals surface area contributed by atoms with Crippen molar-refractivity contribution in [2.45, 2.75) is 12.3 Å². The molecule has 4 rings (SSSR count). The molecule has 0 spiro atoms. The highest BCUT2D eigenvalue weighted by atomic mass is 19.1. The molecule has 0 saturated heterocycles. The molecule has 1 unspecified atom stereocenters. The van der Waals surface area contributed by atoms with E-state index in [-0.39, 0.29) is 11.4 Å². The topological polar surface area (TPSA) is 40.7 Å². The highest BCUT2D eigenvalue weighted by molar-refractivity contribution is 5.76. The van der Waals surface area contributed by atoms with Crippen molar-refractivity contribution in [3.05, 3.63) is 59.4 Å². The molecule has 1 aromatic heterocycles. The van der Waals surface area contributed by atoms with E-state index in [1.54, 1.807) is 0 Å². The van der Waals surface area contributed by atoms with Crippen LogP contribution in [-0.2, 0) is 6.42 Å². The average Bonchev–Trinajstić information content (AvgIpc) is 2.91. The minimum absolute atomic E-state index is 0.120. The van der Waals surface area contributed by atoms with Crippen molar-refractivity contribution in [2.24, 2.45) is 0 Å². The Morgan fingerprint density at radius 2 is 2.00 bits per heavy atom. The number of anilines is 1. The predicted octanol–water partition coefficient (Wildman–Crippen LogP) is 3.59. The standard InChI is InChI=1S/C16H13F2N3/c17-11-6-12(18)15-14(7-11)20-16(21-15)10-5-9-3-1-2-4-13(9)19-8-10/h1-4,6-7,10,19H,5,8H2,(H,20,21). The van der Waals surface area contributed by atoms with E-state index < -0.39 is 11.6 Å². The van der Waals surface area contributed by atoms with Gasteiger partial charge in [0, 0.05) is 24.2 Å². The normalized spacial score (nSPS) is 17.5. The van der Waals surface area contributed by atoms with E-state index in [0.29, 0.717) is 11.3 Å². The summed E-state index contributed by atoms with van der Waals surface area (Å²) < 4.78 is 27.0. The third-order valence-electron chi connectivity index (χ3n) is 3.93. The summed E-state index contributed by atoms with van der Waals surface area (Å²) in [7, 11) is 0. The van der Waals surface area contributed by atoms with Gasteiger partial charge in [0.25, 0.3) is 0 Å². The van der Waals surface area contributed by atoms with Crippen molar-refractivity contribution in [3.8, 4) is 0 Å². The summed E-state index contributed by atoms with van der Waals surface area (Å²) in [6, 6.07) is 10.2. The monoisotopic (exact) mass is 285 g/mol. The lowest BCUT2D eigenvalue weighted by atomic mass is 9.93. The zero-order valence-electron chi connectivity index (χ0n) is 11.2. The fraction of sp³-hybridized carbons (Fsp3) is 0.188. The first kappa shape index (κ1) is 12.3. The van der Waals surface area contributed by atoms with Gasteiger partial charge in [0.1, 0.15) is 17.2 Å². The Bertz CT molecular complexity index is 826. The number of benzene rings is 2. The van der Waals surface area contributed by atoms with Gasteiger partial charge < -0.3 is 10.3 Å². The summed E-state index contributed by atoms with van der Waals surface area (Å²) in [6.07, 6.45) is 0.826. The van der Waals surface area contributed by atoms with Gasteiger partial charge in [-0.3, -0.25) is 0 Å². The second-order valence-electron chi connectivity index (χ2n) is 5.34. The SMILES string of the molecule is Fc1cc(F)c2nc(C3CNc4ccccc4C3)[nH]c2c1. The molecule has 0 fully saturated rings. The van der Waals surface area contributed by atoms with Crippen LogP contribution in [0.1, 0.15) is 17.3 Å². The molecule has 21 heavy (non-hydrogen) atoms. The number of aromatic nitrogens is 2. The van der Waals surface area contributed by atoms with Crippen LogP contribution in [0.15, 0.2) is 36.4 Å². The Morgan fingerprint density at radius 3 is 2.90 bits per heavy atom. The summed E-state index contributed by atoms with van der Waals surface area (Å²) >= 11 is 0. The number of nitrogens with one attached hydrogen (secondary N) is 2. The van der Waals surface area contributed by atoms with E-state index in [1.807, 2.05) is 18.2 Å². The number of para-hydroxylation sites is 1. The lowest BCUT2D eigenvalue weighted by Crippen LogP contribution is -2.22. The van der Waals surface area contributed by atoms with Gasteiger partial charge in [0.2, 0.25) is 0 Å². The molecule has 1 aliphatic rings. The van der Waals surface area contributed by atoms with Crippen molar-refractivity contribution in [3.63, 3.8) is 0 Å². The van der Waals surface area contributed by atoms with E-state index in [9.17, 15) is 8.78 Å². The second-order valence-corrected chi connectivity index (χ2v) is 5.34. The number of rotatable bonds is 1. The Labute approximate surface area is 120 Å². The van der Waals surface area contributed by atoms with Crippen molar-refractivity contribution in [2.75, 3.05) is 11.9 Å². The van der Waals surface area contributed by atoms with Crippen LogP contribution in [0.5, 0.6) is 0 Å². The van der Waals surface area contributed by atoms with E-state index in [2.05, 4.69) is 21.4 Å². The smallest absolute Gasteiger partial charge is 0.153 e. The molecule has 1 atom stereocenters. The van der Waals surface area contributed by atoms with Crippen LogP contribution in [0, 0.1) is 11.6 Å². The van der Waals surface area contributed by atoms with Crippen LogP contribution in [-0.4, -0.2) is 16.5 Å². The first-order valence-electron chi connectivity index (χ1n) is 6.87. The van der Waals surface area contributed by atoms with Crippen molar-refractivity contribution in [1.82, 2.24) is 9.97 Å². The quantitative estimate of drug-likeness (QED) is 0.717. The molecule has 1 aliphatic heterocycles. The Balaban J connectivity index is 1.73. The Morgan fingerprint density at radius 1 is 1.14 bits per heavy atom. The van der Waals surface area contributed by atoms with Gasteiger partial charge in [-0.05, 0) is 24.1 Å². The molecule has 5 heteroatoms. The molecule has 0 amide bonds. The average molecular weight is 285 g/mol. The van der Waals surface area contributed by atoms with Gasteiger partial charge in [-0.2, -0.15) is 0 Å². The van der Waals surface area contributed by atoms with Gasteiger partial charge in [-0.25, -0.2) is 13.8 Å². The molecule has 3 aromatic rings. The minimum Gasteiger partial charge on any atom is -0.384 e. The summed E-state index contributed by atoms with van der Waals surface area (Å²) in [5, 5.41) is 3.35. The third-order valence-corrected chi connectivity index (χ3v) is 3.93. The van der Waals surface area contributed by atoms with Crippen molar-refractivity contribution in [1.29, 1.82) is 0 Å². The molecule has 2 N–H and O–H groups in total. The number of aromatic amines is 1. The molecular formula is C16H13F2N3. The largest absolute Gasteiger partial charge is 0.384 e. The summed E-state index contributed by atoms with van der Waals surface area (Å²) in [4.78, 5) is 7.36. The minimum atomic E-state index is -0.628. The number of hydrogen-bond donors (Lipinski definition) is 2. The van der Waals surface area contributed by atoms with Gasteiger partial charge >= 0.3 is 0 Å². The third kappa shape index (κ3) is 2.05. The van der Waals surface area contributed by atoms with E-state index in [1.165, 1.54) is 11.6 Å². The molecular weight excluding hydrogens is 272 g/mol. The molecule has 0 aliphatic carbocycles. The summed E-state index contributed by atoms with van der Waals surface area (Å²) in [6.45, 7) is 0.723. The lowest BCUT2D eigenvalue weighted by molar-refractivity contribution is 0.590.